The van der Waals surface area contributed by atoms with Crippen LogP contribution in [0.3, 0.4) is 0 Å². The molecule has 1 aliphatic rings. The minimum absolute atomic E-state index is 0.0820. The van der Waals surface area contributed by atoms with Gasteiger partial charge in [0.05, 0.1) is 18.7 Å². The zero-order valence-electron chi connectivity index (χ0n) is 15.7. The SMILES string of the molecule is O=C1CN(C(=O)c2ccncc2)CCCNC(=O)c2cc(Cl)ccc2OCCN1. The first-order chi connectivity index (χ1) is 14.0. The van der Waals surface area contributed by atoms with Crippen molar-refractivity contribution in [3.63, 3.8) is 0 Å². The summed E-state index contributed by atoms with van der Waals surface area (Å²) in [5.74, 6) is -0.467. The van der Waals surface area contributed by atoms with Crippen LogP contribution in [0.5, 0.6) is 5.75 Å². The first kappa shape index (κ1) is 20.6. The first-order valence-corrected chi connectivity index (χ1v) is 9.59. The number of hydrogen-bond acceptors (Lipinski definition) is 5. The molecule has 1 aromatic heterocycles. The molecule has 0 radical (unpaired) electrons. The number of carbonyl (C=O) groups excluding carboxylic acids is 3. The van der Waals surface area contributed by atoms with Crippen LogP contribution in [-0.4, -0.2) is 60.4 Å². The van der Waals surface area contributed by atoms with Gasteiger partial charge < -0.3 is 20.3 Å². The van der Waals surface area contributed by atoms with E-state index in [1.54, 1.807) is 24.3 Å². The second-order valence-electron chi connectivity index (χ2n) is 6.41. The normalized spacial score (nSPS) is 16.0. The summed E-state index contributed by atoms with van der Waals surface area (Å²) in [5, 5.41) is 5.96. The van der Waals surface area contributed by atoms with E-state index in [0.717, 1.165) is 0 Å². The summed E-state index contributed by atoms with van der Waals surface area (Å²) < 4.78 is 5.63. The van der Waals surface area contributed by atoms with E-state index >= 15 is 0 Å². The molecule has 2 aromatic rings. The highest BCUT2D eigenvalue weighted by atomic mass is 35.5. The first-order valence-electron chi connectivity index (χ1n) is 9.21. The molecule has 152 valence electrons. The molecule has 0 unspecified atom stereocenters. The highest BCUT2D eigenvalue weighted by Crippen LogP contribution is 2.23. The fraction of sp³-hybridized carbons (Fsp3) is 0.300. The van der Waals surface area contributed by atoms with Crippen molar-refractivity contribution < 1.29 is 19.1 Å². The molecular formula is C20H21ClN4O4. The van der Waals surface area contributed by atoms with Crippen molar-refractivity contribution in [2.75, 3.05) is 32.8 Å². The topological polar surface area (TPSA) is 101 Å². The third kappa shape index (κ3) is 5.68. The van der Waals surface area contributed by atoms with Crippen LogP contribution in [0.4, 0.5) is 0 Å². The molecule has 2 heterocycles. The highest BCUT2D eigenvalue weighted by molar-refractivity contribution is 6.31. The van der Waals surface area contributed by atoms with E-state index < -0.39 is 0 Å². The summed E-state index contributed by atoms with van der Waals surface area (Å²) in [6.45, 7) is 0.966. The largest absolute Gasteiger partial charge is 0.491 e. The maximum atomic E-state index is 12.7. The quantitative estimate of drug-likeness (QED) is 0.733. The van der Waals surface area contributed by atoms with Crippen LogP contribution in [0.1, 0.15) is 27.1 Å². The number of fused-ring (bicyclic) bond motifs is 1. The molecule has 3 rings (SSSR count). The van der Waals surface area contributed by atoms with Crippen LogP contribution < -0.4 is 15.4 Å². The van der Waals surface area contributed by atoms with Gasteiger partial charge >= 0.3 is 0 Å². The van der Waals surface area contributed by atoms with Crippen molar-refractivity contribution in [3.8, 4) is 5.75 Å². The van der Waals surface area contributed by atoms with Crippen molar-refractivity contribution in [1.29, 1.82) is 0 Å². The highest BCUT2D eigenvalue weighted by Gasteiger charge is 2.20. The molecule has 0 saturated heterocycles. The summed E-state index contributed by atoms with van der Waals surface area (Å²) >= 11 is 6.01. The molecule has 9 heteroatoms. The van der Waals surface area contributed by atoms with Crippen LogP contribution in [-0.2, 0) is 4.79 Å². The van der Waals surface area contributed by atoms with E-state index in [4.69, 9.17) is 16.3 Å². The van der Waals surface area contributed by atoms with E-state index in [0.29, 0.717) is 41.4 Å². The molecule has 8 nitrogen and oxygen atoms in total. The Bertz CT molecular complexity index is 891. The molecular weight excluding hydrogens is 396 g/mol. The summed E-state index contributed by atoms with van der Waals surface area (Å²) in [5.41, 5.74) is 0.774. The zero-order valence-corrected chi connectivity index (χ0v) is 16.4. The minimum atomic E-state index is -0.310. The Balaban J connectivity index is 1.74. The van der Waals surface area contributed by atoms with Crippen molar-refractivity contribution in [3.05, 3.63) is 58.9 Å². The fourth-order valence-corrected chi connectivity index (χ4v) is 3.05. The van der Waals surface area contributed by atoms with Gasteiger partial charge in [-0.05, 0) is 36.8 Å². The van der Waals surface area contributed by atoms with Crippen LogP contribution >= 0.6 is 11.6 Å². The molecule has 3 amide bonds. The van der Waals surface area contributed by atoms with E-state index in [2.05, 4.69) is 15.6 Å². The number of nitrogens with zero attached hydrogens (tertiary/aromatic N) is 2. The summed E-state index contributed by atoms with van der Waals surface area (Å²) in [6.07, 6.45) is 3.53. The second-order valence-corrected chi connectivity index (χ2v) is 6.85. The Morgan fingerprint density at radius 2 is 1.90 bits per heavy atom. The van der Waals surface area contributed by atoms with Crippen molar-refractivity contribution in [1.82, 2.24) is 20.5 Å². The zero-order chi connectivity index (χ0) is 20.6. The smallest absolute Gasteiger partial charge is 0.255 e. The predicted octanol–water partition coefficient (Wildman–Crippen LogP) is 1.51. The Kier molecular flexibility index (Phi) is 7.02. The van der Waals surface area contributed by atoms with E-state index in [9.17, 15) is 14.4 Å². The van der Waals surface area contributed by atoms with Crippen LogP contribution in [0.25, 0.3) is 0 Å². The Hall–Kier alpha value is -3.13. The maximum Gasteiger partial charge on any atom is 0.255 e. The van der Waals surface area contributed by atoms with Gasteiger partial charge in [0, 0.05) is 36.1 Å². The molecule has 1 aliphatic heterocycles. The van der Waals surface area contributed by atoms with Crippen LogP contribution in [0.15, 0.2) is 42.7 Å². The lowest BCUT2D eigenvalue weighted by molar-refractivity contribution is -0.121. The lowest BCUT2D eigenvalue weighted by Gasteiger charge is -2.23. The molecule has 0 fully saturated rings. The number of pyridine rings is 1. The Morgan fingerprint density at radius 3 is 2.69 bits per heavy atom. The van der Waals surface area contributed by atoms with E-state index in [-0.39, 0.29) is 37.4 Å². The second kappa shape index (κ2) is 9.88. The standard InChI is InChI=1S/C20H21ClN4O4/c21-15-2-3-17-16(12-15)19(27)24-6-1-10-25(13-18(26)23-9-11-29-17)20(28)14-4-7-22-8-5-14/h2-5,7-8,12H,1,6,9-11,13H2,(H,23,26)(H,24,27). The van der Waals surface area contributed by atoms with Gasteiger partial charge in [0.2, 0.25) is 5.91 Å². The van der Waals surface area contributed by atoms with E-state index in [1.165, 1.54) is 23.4 Å². The summed E-state index contributed by atoms with van der Waals surface area (Å²) in [6, 6.07) is 8.00. The maximum absolute atomic E-state index is 12.7. The van der Waals surface area contributed by atoms with Gasteiger partial charge in [0.25, 0.3) is 11.8 Å². The number of amides is 3. The van der Waals surface area contributed by atoms with E-state index in [1.807, 2.05) is 0 Å². The number of nitrogens with one attached hydrogen (secondary N) is 2. The van der Waals surface area contributed by atoms with Gasteiger partial charge in [-0.2, -0.15) is 0 Å². The predicted molar refractivity (Wildman–Crippen MR) is 107 cm³/mol. The van der Waals surface area contributed by atoms with Crippen LogP contribution in [0, 0.1) is 0 Å². The Morgan fingerprint density at radius 1 is 1.10 bits per heavy atom. The summed E-state index contributed by atoms with van der Waals surface area (Å²) in [4.78, 5) is 42.9. The molecule has 0 bridgehead atoms. The number of carbonyl (C=O) groups is 3. The van der Waals surface area contributed by atoms with Gasteiger partial charge in [0.1, 0.15) is 12.4 Å². The molecule has 0 aliphatic carbocycles. The number of ether oxygens (including phenoxy) is 1. The third-order valence-electron chi connectivity index (χ3n) is 4.31. The van der Waals surface area contributed by atoms with Crippen molar-refractivity contribution in [2.45, 2.75) is 6.42 Å². The lowest BCUT2D eigenvalue weighted by Crippen LogP contribution is -2.43. The third-order valence-corrected chi connectivity index (χ3v) is 4.54. The average Bonchev–Trinajstić information content (AvgIpc) is 2.73. The number of benzene rings is 1. The molecule has 2 N–H and O–H groups in total. The molecule has 0 spiro atoms. The monoisotopic (exact) mass is 416 g/mol. The fourth-order valence-electron chi connectivity index (χ4n) is 2.88. The number of aromatic nitrogens is 1. The Labute approximate surface area is 173 Å². The average molecular weight is 417 g/mol. The van der Waals surface area contributed by atoms with Gasteiger partial charge in [-0.1, -0.05) is 11.6 Å². The minimum Gasteiger partial charge on any atom is -0.491 e. The number of hydrogen-bond donors (Lipinski definition) is 2. The lowest BCUT2D eigenvalue weighted by atomic mass is 10.2. The molecule has 0 atom stereocenters. The molecule has 29 heavy (non-hydrogen) atoms. The van der Waals surface area contributed by atoms with Gasteiger partial charge in [-0.15, -0.1) is 0 Å². The van der Waals surface area contributed by atoms with Crippen LogP contribution in [0.2, 0.25) is 5.02 Å². The number of rotatable bonds is 1. The molecule has 0 saturated carbocycles. The molecule has 1 aromatic carbocycles. The van der Waals surface area contributed by atoms with Gasteiger partial charge in [-0.25, -0.2) is 0 Å². The number of halogens is 1. The van der Waals surface area contributed by atoms with Gasteiger partial charge in [-0.3, -0.25) is 19.4 Å². The van der Waals surface area contributed by atoms with Crippen molar-refractivity contribution in [2.24, 2.45) is 0 Å². The van der Waals surface area contributed by atoms with Gasteiger partial charge in [0.15, 0.2) is 0 Å². The van der Waals surface area contributed by atoms with Crippen molar-refractivity contribution >= 4 is 29.3 Å². The summed E-state index contributed by atoms with van der Waals surface area (Å²) in [7, 11) is 0.